The predicted molar refractivity (Wildman–Crippen MR) is 244 cm³/mol. The summed E-state index contributed by atoms with van der Waals surface area (Å²) in [5, 5.41) is 200. The summed E-state index contributed by atoms with van der Waals surface area (Å²) in [5.41, 5.74) is 18.4. The van der Waals surface area contributed by atoms with Gasteiger partial charge in [0.05, 0.1) is 44.6 Å². The van der Waals surface area contributed by atoms with Crippen LogP contribution in [0.15, 0.2) is 0 Å². The number of aliphatic hydroxyl groups excluding tert-OH is 16. The van der Waals surface area contributed by atoms with E-state index < -0.39 is 259 Å². The number of hydrogen-bond acceptors (Lipinski definition) is 36. The molecule has 0 unspecified atom stereocenters. The SMILES string of the molecule is CO[C@H]1O[C@H](CO[C@@H]2O[C@H](C(=O)O)[C@@H](O[C@H]3O[C@H](CO[C@@H]4O[C@H](C(=O)O)[C@@H](O[C@H]5O[C@H](CO[C@@H]6O[C@H](C(=O)O)[C@@H](O[C@H]7O[C@H](CO)[C@@H](O)[C@H](O)[C@H]7O)[C@H](O)[C@@H]6N)[C@@H](O)[C@H](O)[C@H]5O)[C@H](O)[C@@H]4N)[C@@H](O)[C@H](O)[C@H]3O)[C@H](O)[C@@H]2N)[C@@H](O)[C@H](O)[C@H]1O. The molecule has 7 aliphatic heterocycles. The maximum absolute atomic E-state index is 12.6. The van der Waals surface area contributed by atoms with Gasteiger partial charge in [0.25, 0.3) is 0 Å². The van der Waals surface area contributed by atoms with E-state index in [4.69, 9.17) is 83.5 Å². The minimum absolute atomic E-state index is 0.675. The van der Waals surface area contributed by atoms with Gasteiger partial charge in [0.1, 0.15) is 134 Å². The number of hydrogen-bond donors (Lipinski definition) is 22. The van der Waals surface area contributed by atoms with Crippen LogP contribution in [0.1, 0.15) is 0 Å². The van der Waals surface area contributed by atoms with Crippen molar-refractivity contribution in [3.05, 3.63) is 0 Å². The number of carbonyl (C=O) groups is 3. The Morgan fingerprint density at radius 2 is 0.585 bits per heavy atom. The molecule has 39 nitrogen and oxygen atoms in total. The average Bonchev–Trinajstić information content (AvgIpc) is 3.46. The second-order valence-corrected chi connectivity index (χ2v) is 20.3. The van der Waals surface area contributed by atoms with Gasteiger partial charge < -0.3 is 181 Å². The number of aliphatic hydroxyl groups is 16. The van der Waals surface area contributed by atoms with E-state index in [1.54, 1.807) is 0 Å². The van der Waals surface area contributed by atoms with Gasteiger partial charge >= 0.3 is 17.9 Å². The molecule has 7 rings (SSSR count). The summed E-state index contributed by atoms with van der Waals surface area (Å²) in [6, 6.07) is -5.25. The van der Waals surface area contributed by atoms with E-state index in [0.29, 0.717) is 0 Å². The van der Waals surface area contributed by atoms with E-state index in [1.165, 1.54) is 0 Å². The number of rotatable bonds is 20. The van der Waals surface area contributed by atoms with Crippen molar-refractivity contribution in [1.82, 2.24) is 0 Å². The summed E-state index contributed by atoms with van der Waals surface area (Å²) in [4.78, 5) is 37.4. The van der Waals surface area contributed by atoms with E-state index in [2.05, 4.69) is 0 Å². The van der Waals surface area contributed by atoms with Crippen LogP contribution in [-0.4, -0.2) is 363 Å². The monoisotopic (exact) mass is 1210 g/mol. The Labute approximate surface area is 460 Å². The molecule has 0 bridgehead atoms. The maximum atomic E-state index is 12.6. The summed E-state index contributed by atoms with van der Waals surface area (Å²) < 4.78 is 76.3. The first-order valence-corrected chi connectivity index (χ1v) is 25.2. The molecule has 82 heavy (non-hydrogen) atoms. The fourth-order valence-corrected chi connectivity index (χ4v) is 9.91. The fourth-order valence-electron chi connectivity index (χ4n) is 9.91. The second kappa shape index (κ2) is 27.8. The average molecular weight is 1210 g/mol. The van der Waals surface area contributed by atoms with Crippen LogP contribution in [0.4, 0.5) is 0 Å². The maximum Gasteiger partial charge on any atom is 0.335 e. The lowest BCUT2D eigenvalue weighted by Gasteiger charge is -2.47. The molecule has 0 aromatic rings. The first kappa shape index (κ1) is 66.6. The third kappa shape index (κ3) is 13.8. The van der Waals surface area contributed by atoms with Crippen LogP contribution in [0.5, 0.6) is 0 Å². The number of aliphatic carboxylic acids is 3. The van der Waals surface area contributed by atoms with Crippen molar-refractivity contribution >= 4 is 17.9 Å². The molecule has 7 heterocycles. The summed E-state index contributed by atoms with van der Waals surface area (Å²) in [5.74, 6) is -5.49. The van der Waals surface area contributed by atoms with Gasteiger partial charge in [0, 0.05) is 7.11 Å². The zero-order chi connectivity index (χ0) is 60.7. The first-order valence-electron chi connectivity index (χ1n) is 25.2. The Morgan fingerprint density at radius 1 is 0.341 bits per heavy atom. The van der Waals surface area contributed by atoms with E-state index in [1.807, 2.05) is 0 Å². The minimum atomic E-state index is -2.31. The minimum Gasteiger partial charge on any atom is -0.479 e. The van der Waals surface area contributed by atoms with Crippen LogP contribution >= 0.6 is 0 Å². The van der Waals surface area contributed by atoms with Crippen molar-refractivity contribution < 1.29 is 178 Å². The number of carboxylic acid groups (broad SMARTS) is 3. The zero-order valence-corrected chi connectivity index (χ0v) is 42.7. The summed E-state index contributed by atoms with van der Waals surface area (Å²) in [6.07, 6.45) is -63.1. The van der Waals surface area contributed by atoms with E-state index in [-0.39, 0.29) is 0 Å². The molecule has 0 aromatic heterocycles. The van der Waals surface area contributed by atoms with Gasteiger partial charge in [-0.15, -0.1) is 0 Å². The van der Waals surface area contributed by atoms with Crippen molar-refractivity contribution in [2.75, 3.05) is 33.5 Å². The van der Waals surface area contributed by atoms with Crippen LogP contribution in [0, 0.1) is 0 Å². The number of nitrogens with two attached hydrogens (primary N) is 3. The number of carboxylic acids is 3. The topological polar surface area (TPSA) is 643 Å². The van der Waals surface area contributed by atoms with Crippen molar-refractivity contribution in [3.8, 4) is 0 Å². The third-order valence-electron chi connectivity index (χ3n) is 14.8. The molecule has 35 atom stereocenters. The summed E-state index contributed by atoms with van der Waals surface area (Å²) in [7, 11) is 1.13. The van der Waals surface area contributed by atoms with Gasteiger partial charge in [-0.3, -0.25) is 0 Å². The Kier molecular flexibility index (Phi) is 22.6. The second-order valence-electron chi connectivity index (χ2n) is 20.3. The number of ether oxygens (including phenoxy) is 14. The number of methoxy groups -OCH3 is 1. The van der Waals surface area contributed by atoms with Crippen molar-refractivity contribution in [1.29, 1.82) is 0 Å². The van der Waals surface area contributed by atoms with Gasteiger partial charge in [-0.1, -0.05) is 0 Å². The molecule has 7 fully saturated rings. The molecule has 25 N–H and O–H groups in total. The molecule has 39 heteroatoms. The first-order chi connectivity index (χ1) is 38.5. The van der Waals surface area contributed by atoms with Gasteiger partial charge in [-0.25, -0.2) is 14.4 Å². The highest BCUT2D eigenvalue weighted by molar-refractivity contribution is 5.74. The van der Waals surface area contributed by atoms with Crippen molar-refractivity contribution in [2.45, 2.75) is 215 Å². The Bertz CT molecular complexity index is 2090. The molecule has 0 saturated carbocycles. The molecule has 474 valence electrons. The lowest BCUT2D eigenvalue weighted by atomic mass is 9.95. The van der Waals surface area contributed by atoms with Crippen LogP contribution in [-0.2, 0) is 80.7 Å². The molecule has 0 aromatic carbocycles. The normalized spacial score (nSPS) is 51.3. The van der Waals surface area contributed by atoms with Crippen molar-refractivity contribution in [2.24, 2.45) is 17.2 Å². The predicted octanol–water partition coefficient (Wildman–Crippen LogP) is -15.4. The standard InChI is InChI=1S/C43H71N3O36/c1-69-40-24(59)21(56)14(49)7(74-40)3-70-37-11(45)18(53)29(32(81-37)35(65)66)78-42-26(61)23(58)16(51)9(76-42)5-72-39-12(46)19(54)30(33(82-39)36(67)68)79-43-27(62)22(57)15(50)8(75-43)4-71-38-10(44)17(52)28(31(80-38)34(63)64)77-41-25(60)20(55)13(48)6(2-47)73-41/h6-33,37-43,47-62H,2-5,44-46H2,1H3,(H,63,64)(H,65,66)(H,67,68)/t6-,7-,8-,9-,10+,11+,12+,13-,14-,15-,16-,17-,18-,19-,20+,21+,22+,23+,24-,25-,26-,27-,28+,29+,30+,31+,32+,33+,37-,38-,39-,40+,41-,42-,43-/m1/s1. The molecule has 7 saturated heterocycles. The van der Waals surface area contributed by atoms with Gasteiger partial charge in [0.2, 0.25) is 0 Å². The van der Waals surface area contributed by atoms with Crippen molar-refractivity contribution in [3.63, 3.8) is 0 Å². The van der Waals surface area contributed by atoms with E-state index in [9.17, 15) is 111 Å². The molecular formula is C43H71N3O36. The molecule has 0 spiro atoms. The highest BCUT2D eigenvalue weighted by Gasteiger charge is 2.58. The molecule has 7 aliphatic rings. The largest absolute Gasteiger partial charge is 0.479 e. The Balaban J connectivity index is 0.951. The van der Waals surface area contributed by atoms with Crippen LogP contribution in [0.25, 0.3) is 0 Å². The van der Waals surface area contributed by atoms with Crippen LogP contribution < -0.4 is 17.2 Å². The Hall–Kier alpha value is -2.91. The zero-order valence-electron chi connectivity index (χ0n) is 42.7. The molecular weight excluding hydrogens is 1130 g/mol. The highest BCUT2D eigenvalue weighted by atomic mass is 16.8. The van der Waals surface area contributed by atoms with Crippen LogP contribution in [0.2, 0.25) is 0 Å². The Morgan fingerprint density at radius 3 is 0.841 bits per heavy atom. The van der Waals surface area contributed by atoms with E-state index >= 15 is 0 Å². The molecule has 0 aliphatic carbocycles. The third-order valence-corrected chi connectivity index (χ3v) is 14.8. The van der Waals surface area contributed by atoms with Gasteiger partial charge in [-0.05, 0) is 0 Å². The molecule has 0 amide bonds. The fraction of sp³-hybridized carbons (Fsp3) is 0.930. The lowest BCUT2D eigenvalue weighted by Crippen LogP contribution is -2.68. The van der Waals surface area contributed by atoms with Gasteiger partial charge in [-0.2, -0.15) is 0 Å². The smallest absolute Gasteiger partial charge is 0.335 e. The van der Waals surface area contributed by atoms with E-state index in [0.717, 1.165) is 7.11 Å². The quantitative estimate of drug-likeness (QED) is 0.0538. The van der Waals surface area contributed by atoms with Gasteiger partial charge in [0.15, 0.2) is 62.3 Å². The highest BCUT2D eigenvalue weighted by Crippen LogP contribution is 2.35. The summed E-state index contributed by atoms with van der Waals surface area (Å²) >= 11 is 0. The molecule has 0 radical (unpaired) electrons. The van der Waals surface area contributed by atoms with Crippen LogP contribution in [0.3, 0.4) is 0 Å². The lowest BCUT2D eigenvalue weighted by molar-refractivity contribution is -0.360. The summed E-state index contributed by atoms with van der Waals surface area (Å²) in [6.45, 7) is -3.46.